The van der Waals surface area contributed by atoms with Crippen LogP contribution in [0.1, 0.15) is 31.2 Å². The Balaban J connectivity index is 2.21. The Labute approximate surface area is 106 Å². The quantitative estimate of drug-likeness (QED) is 0.600. The molecule has 16 heavy (non-hydrogen) atoms. The zero-order chi connectivity index (χ0) is 11.7. The predicted octanol–water partition coefficient (Wildman–Crippen LogP) is 3.51. The zero-order valence-electron chi connectivity index (χ0n) is 9.63. The van der Waals surface area contributed by atoms with E-state index in [2.05, 4.69) is 18.1 Å². The van der Waals surface area contributed by atoms with Crippen molar-refractivity contribution in [1.82, 2.24) is 9.78 Å². The molecule has 0 radical (unpaired) electrons. The van der Waals surface area contributed by atoms with Crippen molar-refractivity contribution in [1.29, 1.82) is 0 Å². The van der Waals surface area contributed by atoms with Crippen LogP contribution >= 0.6 is 23.2 Å². The summed E-state index contributed by atoms with van der Waals surface area (Å²) in [6, 6.07) is 0. The van der Waals surface area contributed by atoms with Crippen LogP contribution in [0.15, 0.2) is 11.6 Å². The van der Waals surface area contributed by atoms with Gasteiger partial charge < -0.3 is 0 Å². The maximum atomic E-state index is 6.30. The van der Waals surface area contributed by atoms with Crippen LogP contribution in [0.4, 0.5) is 0 Å². The van der Waals surface area contributed by atoms with Gasteiger partial charge in [-0.1, -0.05) is 30.2 Å². The third-order valence-electron chi connectivity index (χ3n) is 3.06. The summed E-state index contributed by atoms with van der Waals surface area (Å²) in [7, 11) is 1.95. The summed E-state index contributed by atoms with van der Waals surface area (Å²) in [5.74, 6) is 0. The minimum atomic E-state index is 0.202. The number of hydrogen-bond donors (Lipinski definition) is 0. The molecule has 1 atom stereocenters. The maximum Gasteiger partial charge on any atom is 0.0853 e. The first-order valence-electron chi connectivity index (χ1n) is 5.65. The van der Waals surface area contributed by atoms with Crippen LogP contribution in [0.3, 0.4) is 0 Å². The van der Waals surface area contributed by atoms with Gasteiger partial charge in [-0.15, -0.1) is 11.6 Å². The monoisotopic (exact) mass is 258 g/mol. The van der Waals surface area contributed by atoms with Crippen molar-refractivity contribution in [2.45, 2.75) is 38.0 Å². The van der Waals surface area contributed by atoms with E-state index in [1.807, 2.05) is 11.7 Å². The molecule has 2 rings (SSSR count). The Kier molecular flexibility index (Phi) is 3.60. The number of nitrogens with zero attached hydrogens (tertiary/aromatic N) is 2. The van der Waals surface area contributed by atoms with E-state index in [0.717, 1.165) is 42.1 Å². The predicted molar refractivity (Wildman–Crippen MR) is 68.3 cm³/mol. The van der Waals surface area contributed by atoms with Crippen LogP contribution in [0.2, 0.25) is 5.02 Å². The molecule has 0 amide bonds. The summed E-state index contributed by atoms with van der Waals surface area (Å²) in [6.45, 7) is 2.07. The summed E-state index contributed by atoms with van der Waals surface area (Å²) >= 11 is 12.4. The SMILES string of the molecule is CCc1nn(C)c(CC2=CC(Cl)CC2)c1Cl. The average Bonchev–Trinajstić information content (AvgIpc) is 2.77. The highest BCUT2D eigenvalue weighted by molar-refractivity contribution is 6.32. The number of halogens is 2. The topological polar surface area (TPSA) is 17.8 Å². The minimum Gasteiger partial charge on any atom is -0.271 e. The van der Waals surface area contributed by atoms with Gasteiger partial charge in [-0.2, -0.15) is 5.10 Å². The molecule has 1 aromatic rings. The number of allylic oxidation sites excluding steroid dienone is 2. The van der Waals surface area contributed by atoms with Crippen LogP contribution in [0.5, 0.6) is 0 Å². The first kappa shape index (κ1) is 12.0. The second-order valence-corrected chi connectivity index (χ2v) is 5.18. The molecule has 1 aromatic heterocycles. The summed E-state index contributed by atoms with van der Waals surface area (Å²) in [6.07, 6.45) is 6.04. The van der Waals surface area contributed by atoms with Crippen molar-refractivity contribution >= 4 is 23.2 Å². The number of hydrogen-bond acceptors (Lipinski definition) is 1. The fourth-order valence-electron chi connectivity index (χ4n) is 2.12. The molecule has 1 unspecified atom stereocenters. The lowest BCUT2D eigenvalue weighted by atomic mass is 10.1. The Morgan fingerprint density at radius 2 is 2.31 bits per heavy atom. The molecular formula is C12H16Cl2N2. The summed E-state index contributed by atoms with van der Waals surface area (Å²) in [4.78, 5) is 0. The van der Waals surface area contributed by atoms with Gasteiger partial charge in [0.05, 0.1) is 21.8 Å². The first-order chi connectivity index (χ1) is 7.61. The molecule has 0 saturated heterocycles. The zero-order valence-corrected chi connectivity index (χ0v) is 11.1. The largest absolute Gasteiger partial charge is 0.271 e. The molecule has 0 aromatic carbocycles. The number of rotatable bonds is 3. The van der Waals surface area contributed by atoms with E-state index in [0.29, 0.717) is 0 Å². The van der Waals surface area contributed by atoms with Crippen LogP contribution in [-0.4, -0.2) is 15.2 Å². The number of aryl methyl sites for hydroxylation is 2. The van der Waals surface area contributed by atoms with Crippen molar-refractivity contribution in [2.24, 2.45) is 7.05 Å². The Morgan fingerprint density at radius 3 is 2.81 bits per heavy atom. The van der Waals surface area contributed by atoms with Crippen LogP contribution in [0.25, 0.3) is 0 Å². The highest BCUT2D eigenvalue weighted by Gasteiger charge is 2.18. The van der Waals surface area contributed by atoms with Crippen molar-refractivity contribution in [3.05, 3.63) is 28.1 Å². The van der Waals surface area contributed by atoms with E-state index >= 15 is 0 Å². The van der Waals surface area contributed by atoms with Crippen LogP contribution in [-0.2, 0) is 19.9 Å². The Morgan fingerprint density at radius 1 is 1.56 bits per heavy atom. The van der Waals surface area contributed by atoms with Crippen molar-refractivity contribution in [3.63, 3.8) is 0 Å². The van der Waals surface area contributed by atoms with Crippen LogP contribution in [0, 0.1) is 0 Å². The molecular weight excluding hydrogens is 243 g/mol. The Hall–Kier alpha value is -0.470. The molecule has 2 nitrogen and oxygen atoms in total. The molecule has 0 N–H and O–H groups in total. The fraction of sp³-hybridized carbons (Fsp3) is 0.583. The molecule has 1 heterocycles. The van der Waals surface area contributed by atoms with E-state index in [1.165, 1.54) is 5.57 Å². The third-order valence-corrected chi connectivity index (χ3v) is 3.84. The standard InChI is InChI=1S/C12H16Cl2N2/c1-3-10-12(14)11(16(2)15-10)7-8-4-5-9(13)6-8/h6,9H,3-5,7H2,1-2H3. The smallest absolute Gasteiger partial charge is 0.0853 e. The molecule has 1 aliphatic carbocycles. The van der Waals surface area contributed by atoms with Gasteiger partial charge in [0.25, 0.3) is 0 Å². The van der Waals surface area contributed by atoms with Crippen LogP contribution < -0.4 is 0 Å². The van der Waals surface area contributed by atoms with Crippen molar-refractivity contribution in [3.8, 4) is 0 Å². The molecule has 88 valence electrons. The van der Waals surface area contributed by atoms with Gasteiger partial charge in [0, 0.05) is 13.5 Å². The molecule has 0 bridgehead atoms. The van der Waals surface area contributed by atoms with Crippen molar-refractivity contribution in [2.75, 3.05) is 0 Å². The lowest BCUT2D eigenvalue weighted by Crippen LogP contribution is -1.99. The first-order valence-corrected chi connectivity index (χ1v) is 6.47. The lowest BCUT2D eigenvalue weighted by molar-refractivity contribution is 0.704. The Bertz CT molecular complexity index is 421. The molecule has 0 fully saturated rings. The van der Waals surface area contributed by atoms with E-state index in [1.54, 1.807) is 0 Å². The molecule has 1 aliphatic rings. The maximum absolute atomic E-state index is 6.30. The van der Waals surface area contributed by atoms with E-state index in [-0.39, 0.29) is 5.38 Å². The fourth-order valence-corrected chi connectivity index (χ4v) is 2.77. The molecule has 0 aliphatic heterocycles. The van der Waals surface area contributed by atoms with E-state index in [4.69, 9.17) is 23.2 Å². The third kappa shape index (κ3) is 2.28. The molecule has 0 saturated carbocycles. The van der Waals surface area contributed by atoms with Gasteiger partial charge in [-0.25, -0.2) is 0 Å². The highest BCUT2D eigenvalue weighted by atomic mass is 35.5. The number of aromatic nitrogens is 2. The summed E-state index contributed by atoms with van der Waals surface area (Å²) in [5, 5.41) is 5.44. The normalized spacial score (nSPS) is 20.2. The molecule has 0 spiro atoms. The molecule has 4 heteroatoms. The van der Waals surface area contributed by atoms with Gasteiger partial charge in [-0.3, -0.25) is 4.68 Å². The average molecular weight is 259 g/mol. The van der Waals surface area contributed by atoms with Crippen molar-refractivity contribution < 1.29 is 0 Å². The summed E-state index contributed by atoms with van der Waals surface area (Å²) < 4.78 is 1.89. The second-order valence-electron chi connectivity index (χ2n) is 4.24. The van der Waals surface area contributed by atoms with Gasteiger partial charge in [0.15, 0.2) is 0 Å². The lowest BCUT2D eigenvalue weighted by Gasteiger charge is -2.03. The minimum absolute atomic E-state index is 0.202. The van der Waals surface area contributed by atoms with Gasteiger partial charge in [0.2, 0.25) is 0 Å². The van der Waals surface area contributed by atoms with Gasteiger partial charge in [0.1, 0.15) is 0 Å². The van der Waals surface area contributed by atoms with Gasteiger partial charge in [-0.05, 0) is 19.3 Å². The second kappa shape index (κ2) is 4.80. The van der Waals surface area contributed by atoms with E-state index < -0.39 is 0 Å². The number of alkyl halides is 1. The van der Waals surface area contributed by atoms with E-state index in [9.17, 15) is 0 Å². The highest BCUT2D eigenvalue weighted by Crippen LogP contribution is 2.29. The summed E-state index contributed by atoms with van der Waals surface area (Å²) in [5.41, 5.74) is 3.48. The van der Waals surface area contributed by atoms with Gasteiger partial charge >= 0.3 is 0 Å².